The molecule has 1 nitrogen and oxygen atoms in total. The Kier molecular flexibility index (Phi) is 5.12. The summed E-state index contributed by atoms with van der Waals surface area (Å²) in [5.74, 6) is 0.302. The maximum atomic E-state index is 11.8. The number of fused-ring (bicyclic) bond motifs is 12. The van der Waals surface area contributed by atoms with Gasteiger partial charge in [0, 0.05) is 11.1 Å². The average molecular weight is 547 g/mol. The largest absolute Gasteiger partial charge is 0.507 e. The summed E-state index contributed by atoms with van der Waals surface area (Å²) >= 11 is 0. The molecule has 43 heavy (non-hydrogen) atoms. The van der Waals surface area contributed by atoms with Crippen LogP contribution in [0.3, 0.4) is 0 Å². The van der Waals surface area contributed by atoms with Crippen molar-refractivity contribution < 1.29 is 5.11 Å². The van der Waals surface area contributed by atoms with Gasteiger partial charge in [-0.1, -0.05) is 140 Å². The Morgan fingerprint density at radius 1 is 0.256 bits per heavy atom. The molecule has 0 unspecified atom stereocenters. The number of rotatable bonds is 2. The fourth-order valence-electron chi connectivity index (χ4n) is 7.16. The van der Waals surface area contributed by atoms with Gasteiger partial charge in [0.2, 0.25) is 0 Å². The molecule has 0 fully saturated rings. The molecule has 9 rings (SSSR count). The SMILES string of the molecule is Oc1c(-c2ccc3c4ccccc4c4ccccc4c3c2)cccc1-c1ccc2c3ccccc3c3ccccc3c2c1. The first-order valence-corrected chi connectivity index (χ1v) is 14.8. The minimum absolute atomic E-state index is 0.302. The highest BCUT2D eigenvalue weighted by atomic mass is 16.3. The van der Waals surface area contributed by atoms with E-state index >= 15 is 0 Å². The maximum absolute atomic E-state index is 11.8. The van der Waals surface area contributed by atoms with E-state index in [1.54, 1.807) is 0 Å². The zero-order valence-electron chi connectivity index (χ0n) is 23.4. The summed E-state index contributed by atoms with van der Waals surface area (Å²) in [5.41, 5.74) is 3.68. The molecule has 200 valence electrons. The molecule has 0 spiro atoms. The molecule has 0 atom stereocenters. The third-order valence-electron chi connectivity index (χ3n) is 9.15. The van der Waals surface area contributed by atoms with E-state index in [1.165, 1.54) is 64.6 Å². The fraction of sp³-hybridized carbons (Fsp3) is 0. The van der Waals surface area contributed by atoms with E-state index in [2.05, 4.69) is 140 Å². The number of hydrogen-bond donors (Lipinski definition) is 1. The van der Waals surface area contributed by atoms with Gasteiger partial charge in [-0.25, -0.2) is 0 Å². The van der Waals surface area contributed by atoms with Gasteiger partial charge < -0.3 is 5.11 Å². The normalized spacial score (nSPS) is 11.8. The van der Waals surface area contributed by atoms with Gasteiger partial charge in [0.1, 0.15) is 5.75 Å². The minimum Gasteiger partial charge on any atom is -0.507 e. The van der Waals surface area contributed by atoms with Crippen LogP contribution in [0.5, 0.6) is 5.75 Å². The van der Waals surface area contributed by atoms with E-state index in [9.17, 15) is 5.11 Å². The number of hydrogen-bond acceptors (Lipinski definition) is 1. The summed E-state index contributed by atoms with van der Waals surface area (Å²) in [5, 5.41) is 26.6. The molecule has 9 aromatic rings. The number of phenols is 1. The van der Waals surface area contributed by atoms with Crippen LogP contribution in [0.2, 0.25) is 0 Å². The topological polar surface area (TPSA) is 20.2 Å². The van der Waals surface area contributed by atoms with E-state index in [-0.39, 0.29) is 0 Å². The molecule has 9 aromatic carbocycles. The van der Waals surface area contributed by atoms with E-state index < -0.39 is 0 Å². The second-order valence-corrected chi connectivity index (χ2v) is 11.4. The number of para-hydroxylation sites is 1. The highest BCUT2D eigenvalue weighted by molar-refractivity contribution is 6.27. The molecular formula is C42H26O. The third kappa shape index (κ3) is 3.52. The first kappa shape index (κ1) is 24.0. The number of phenolic OH excluding ortho intramolecular Hbond substituents is 1. The lowest BCUT2D eigenvalue weighted by molar-refractivity contribution is 0.479. The quantitative estimate of drug-likeness (QED) is 0.214. The molecule has 0 heterocycles. The summed E-state index contributed by atoms with van der Waals surface area (Å²) in [7, 11) is 0. The maximum Gasteiger partial charge on any atom is 0.131 e. The van der Waals surface area contributed by atoms with Gasteiger partial charge in [0.15, 0.2) is 0 Å². The molecule has 0 aromatic heterocycles. The van der Waals surface area contributed by atoms with Crippen LogP contribution < -0.4 is 0 Å². The molecule has 0 radical (unpaired) electrons. The van der Waals surface area contributed by atoms with Crippen molar-refractivity contribution >= 4 is 64.6 Å². The summed E-state index contributed by atoms with van der Waals surface area (Å²) in [6, 6.07) is 53.7. The number of benzene rings is 9. The van der Waals surface area contributed by atoms with Crippen molar-refractivity contribution in [1.29, 1.82) is 0 Å². The van der Waals surface area contributed by atoms with Crippen molar-refractivity contribution in [2.75, 3.05) is 0 Å². The molecule has 1 N–H and O–H groups in total. The molecule has 0 amide bonds. The van der Waals surface area contributed by atoms with Crippen LogP contribution in [0.25, 0.3) is 86.9 Å². The molecule has 1 heteroatoms. The summed E-state index contributed by atoms with van der Waals surface area (Å²) < 4.78 is 0. The Hall–Kier alpha value is -5.66. The Bertz CT molecular complexity index is 2330. The lowest BCUT2D eigenvalue weighted by atomic mass is 9.90. The van der Waals surface area contributed by atoms with Gasteiger partial charge in [0.25, 0.3) is 0 Å². The van der Waals surface area contributed by atoms with Crippen molar-refractivity contribution in [2.24, 2.45) is 0 Å². The van der Waals surface area contributed by atoms with Gasteiger partial charge in [-0.05, 0) is 87.9 Å². The van der Waals surface area contributed by atoms with Crippen LogP contribution in [-0.4, -0.2) is 5.11 Å². The van der Waals surface area contributed by atoms with Crippen LogP contribution in [0.15, 0.2) is 152 Å². The van der Waals surface area contributed by atoms with Crippen molar-refractivity contribution in [3.8, 4) is 28.0 Å². The molecule has 0 saturated carbocycles. The monoisotopic (exact) mass is 546 g/mol. The molecule has 0 aliphatic heterocycles. The fourth-order valence-corrected chi connectivity index (χ4v) is 7.16. The minimum atomic E-state index is 0.302. The number of aromatic hydroxyl groups is 1. The lowest BCUT2D eigenvalue weighted by Gasteiger charge is -2.15. The zero-order chi connectivity index (χ0) is 28.5. The van der Waals surface area contributed by atoms with Crippen molar-refractivity contribution in [1.82, 2.24) is 0 Å². The summed E-state index contributed by atoms with van der Waals surface area (Å²) in [6.07, 6.45) is 0. The second-order valence-electron chi connectivity index (χ2n) is 11.4. The lowest BCUT2D eigenvalue weighted by Crippen LogP contribution is -1.88. The van der Waals surface area contributed by atoms with Crippen LogP contribution in [0.4, 0.5) is 0 Å². The van der Waals surface area contributed by atoms with Crippen LogP contribution in [0, 0.1) is 0 Å². The van der Waals surface area contributed by atoms with Gasteiger partial charge >= 0.3 is 0 Å². The van der Waals surface area contributed by atoms with E-state index in [0.29, 0.717) is 5.75 Å². The average Bonchev–Trinajstić information content (AvgIpc) is 3.08. The third-order valence-corrected chi connectivity index (χ3v) is 9.15. The predicted molar refractivity (Wildman–Crippen MR) is 184 cm³/mol. The summed E-state index contributed by atoms with van der Waals surface area (Å²) in [6.45, 7) is 0. The molecule has 0 aliphatic carbocycles. The van der Waals surface area contributed by atoms with E-state index in [0.717, 1.165) is 22.3 Å². The first-order valence-electron chi connectivity index (χ1n) is 14.8. The highest BCUT2D eigenvalue weighted by Crippen LogP contribution is 2.43. The van der Waals surface area contributed by atoms with Gasteiger partial charge in [-0.3, -0.25) is 0 Å². The smallest absolute Gasteiger partial charge is 0.131 e. The zero-order valence-corrected chi connectivity index (χ0v) is 23.4. The van der Waals surface area contributed by atoms with Gasteiger partial charge in [-0.15, -0.1) is 0 Å². The van der Waals surface area contributed by atoms with E-state index in [1.807, 2.05) is 12.1 Å². The standard InChI is InChI=1S/C42H26O/c43-42-28(26-20-22-38-34-14-3-1-10-30(34)32-12-5-7-16-36(32)40(38)24-26)18-9-19-29(42)27-21-23-39-35-15-4-2-11-31(35)33-13-6-8-17-37(33)41(39)25-27/h1-25,43H. The van der Waals surface area contributed by atoms with Gasteiger partial charge in [-0.2, -0.15) is 0 Å². The van der Waals surface area contributed by atoms with Crippen LogP contribution in [0.1, 0.15) is 0 Å². The van der Waals surface area contributed by atoms with Crippen molar-refractivity contribution in [3.05, 3.63) is 152 Å². The molecule has 0 aliphatic rings. The Morgan fingerprint density at radius 3 is 0.860 bits per heavy atom. The Labute approximate surface area is 248 Å². The Balaban J connectivity index is 1.26. The molecule has 0 saturated heterocycles. The molecule has 0 bridgehead atoms. The summed E-state index contributed by atoms with van der Waals surface area (Å²) in [4.78, 5) is 0. The van der Waals surface area contributed by atoms with Crippen molar-refractivity contribution in [2.45, 2.75) is 0 Å². The predicted octanol–water partition coefficient (Wildman–Crippen LogP) is 11.6. The highest BCUT2D eigenvalue weighted by Gasteiger charge is 2.15. The van der Waals surface area contributed by atoms with E-state index in [4.69, 9.17) is 0 Å². The second kappa shape index (κ2) is 9.17. The van der Waals surface area contributed by atoms with Crippen molar-refractivity contribution in [3.63, 3.8) is 0 Å². The first-order chi connectivity index (χ1) is 21.3. The van der Waals surface area contributed by atoms with Crippen LogP contribution >= 0.6 is 0 Å². The molecular weight excluding hydrogens is 520 g/mol. The Morgan fingerprint density at radius 2 is 0.535 bits per heavy atom. The van der Waals surface area contributed by atoms with Crippen LogP contribution in [-0.2, 0) is 0 Å². The van der Waals surface area contributed by atoms with Gasteiger partial charge in [0.05, 0.1) is 0 Å².